The van der Waals surface area contributed by atoms with Crippen LogP contribution in [0.2, 0.25) is 0 Å². The maximum absolute atomic E-state index is 11.7. The number of hydrogen-bond acceptors (Lipinski definition) is 3. The molecule has 0 fully saturated rings. The molecule has 1 aromatic carbocycles. The average Bonchev–Trinajstić information content (AvgIpc) is 2.86. The van der Waals surface area contributed by atoms with Crippen molar-refractivity contribution in [3.05, 3.63) is 65.6 Å². The summed E-state index contributed by atoms with van der Waals surface area (Å²) in [5.41, 5.74) is 7.94. The minimum Gasteiger partial charge on any atom is -0.366 e. The first-order valence-corrected chi connectivity index (χ1v) is 6.08. The summed E-state index contributed by atoms with van der Waals surface area (Å²) in [5.74, 6) is -0.545. The van der Waals surface area contributed by atoms with Crippen molar-refractivity contribution in [3.8, 4) is 0 Å². The van der Waals surface area contributed by atoms with E-state index >= 15 is 0 Å². The summed E-state index contributed by atoms with van der Waals surface area (Å²) in [6.07, 6.45) is 3.22. The molecule has 5 heteroatoms. The fourth-order valence-corrected chi connectivity index (χ4v) is 2.25. The number of fused-ring (bicyclic) bond motifs is 1. The highest BCUT2D eigenvalue weighted by Gasteiger charge is 2.19. The zero-order valence-corrected chi connectivity index (χ0v) is 10.6. The highest BCUT2D eigenvalue weighted by atomic mass is 16.1. The van der Waals surface area contributed by atoms with Gasteiger partial charge in [0.25, 0.3) is 5.91 Å². The van der Waals surface area contributed by atoms with Crippen molar-refractivity contribution in [2.24, 2.45) is 5.73 Å². The van der Waals surface area contributed by atoms with Gasteiger partial charge in [0.2, 0.25) is 0 Å². The Balaban J connectivity index is 2.24. The molecule has 3 rings (SSSR count). The molecule has 0 atom stereocenters. The number of nitrogens with zero attached hydrogens (tertiary/aromatic N) is 1. The van der Waals surface area contributed by atoms with Crippen LogP contribution in [0.15, 0.2) is 48.8 Å². The van der Waals surface area contributed by atoms with E-state index in [2.05, 4.69) is 9.97 Å². The van der Waals surface area contributed by atoms with E-state index in [-0.39, 0.29) is 5.71 Å². The molecule has 98 valence electrons. The maximum atomic E-state index is 11.7. The lowest BCUT2D eigenvalue weighted by Crippen LogP contribution is -2.16. The summed E-state index contributed by atoms with van der Waals surface area (Å²) < 4.78 is 0. The Morgan fingerprint density at radius 2 is 1.85 bits per heavy atom. The minimum atomic E-state index is -0.545. The van der Waals surface area contributed by atoms with Crippen LogP contribution in [0.1, 0.15) is 21.6 Å². The number of nitrogens with one attached hydrogen (secondary N) is 2. The molecular formula is C15H12N4O. The summed E-state index contributed by atoms with van der Waals surface area (Å²) in [6, 6.07) is 10.8. The first-order valence-electron chi connectivity index (χ1n) is 6.08. The normalized spacial score (nSPS) is 10.6. The topological polar surface area (TPSA) is 95.6 Å². The Morgan fingerprint density at radius 3 is 2.55 bits per heavy atom. The van der Waals surface area contributed by atoms with Crippen molar-refractivity contribution >= 4 is 22.5 Å². The molecule has 4 N–H and O–H groups in total. The number of hydrogen-bond donors (Lipinski definition) is 3. The number of aromatic amines is 1. The van der Waals surface area contributed by atoms with E-state index in [1.165, 1.54) is 0 Å². The van der Waals surface area contributed by atoms with Crippen LogP contribution < -0.4 is 5.73 Å². The molecular weight excluding hydrogens is 252 g/mol. The summed E-state index contributed by atoms with van der Waals surface area (Å²) in [5, 5.41) is 9.00. The summed E-state index contributed by atoms with van der Waals surface area (Å²) in [7, 11) is 0. The van der Waals surface area contributed by atoms with Crippen LogP contribution in [0.25, 0.3) is 10.9 Å². The summed E-state index contributed by atoms with van der Waals surface area (Å²) in [4.78, 5) is 18.7. The fourth-order valence-electron chi connectivity index (χ4n) is 2.25. The summed E-state index contributed by atoms with van der Waals surface area (Å²) >= 11 is 0. The van der Waals surface area contributed by atoms with Gasteiger partial charge in [-0.05, 0) is 18.2 Å². The molecule has 5 nitrogen and oxygen atoms in total. The molecule has 0 aliphatic heterocycles. The zero-order chi connectivity index (χ0) is 14.1. The maximum Gasteiger partial charge on any atom is 0.251 e. The number of aromatic nitrogens is 2. The van der Waals surface area contributed by atoms with Crippen molar-refractivity contribution in [2.45, 2.75) is 0 Å². The molecule has 3 aromatic rings. The van der Waals surface area contributed by atoms with Crippen molar-refractivity contribution in [2.75, 3.05) is 0 Å². The van der Waals surface area contributed by atoms with Crippen LogP contribution in [0.4, 0.5) is 0 Å². The average molecular weight is 264 g/mol. The Kier molecular flexibility index (Phi) is 2.80. The van der Waals surface area contributed by atoms with E-state index in [1.54, 1.807) is 24.5 Å². The van der Waals surface area contributed by atoms with Gasteiger partial charge in [0.15, 0.2) is 0 Å². The Hall–Kier alpha value is -2.95. The van der Waals surface area contributed by atoms with Crippen molar-refractivity contribution in [3.63, 3.8) is 0 Å². The third-order valence-corrected chi connectivity index (χ3v) is 3.17. The number of nitrogens with two attached hydrogens (primary N) is 1. The van der Waals surface area contributed by atoms with Crippen LogP contribution in [0.5, 0.6) is 0 Å². The van der Waals surface area contributed by atoms with E-state index in [1.807, 2.05) is 24.3 Å². The first-order chi connectivity index (χ1) is 9.68. The van der Waals surface area contributed by atoms with Gasteiger partial charge in [-0.15, -0.1) is 0 Å². The molecule has 0 aliphatic rings. The van der Waals surface area contributed by atoms with Crippen LogP contribution in [-0.4, -0.2) is 21.6 Å². The van der Waals surface area contributed by atoms with Crippen molar-refractivity contribution < 1.29 is 4.79 Å². The predicted octanol–water partition coefficient (Wildman–Crippen LogP) is 2.08. The van der Waals surface area contributed by atoms with Gasteiger partial charge >= 0.3 is 0 Å². The quantitative estimate of drug-likeness (QED) is 0.631. The molecule has 2 heterocycles. The van der Waals surface area contributed by atoms with Gasteiger partial charge in [0.1, 0.15) is 0 Å². The number of amides is 1. The van der Waals surface area contributed by atoms with Crippen LogP contribution in [0, 0.1) is 5.41 Å². The first kappa shape index (κ1) is 12.1. The number of para-hydroxylation sites is 1. The van der Waals surface area contributed by atoms with Crippen molar-refractivity contribution in [1.82, 2.24) is 9.97 Å². The van der Waals surface area contributed by atoms with E-state index in [4.69, 9.17) is 11.1 Å². The summed E-state index contributed by atoms with van der Waals surface area (Å²) in [6.45, 7) is 0. The number of pyridine rings is 1. The number of carbonyl (C=O) groups is 1. The van der Waals surface area contributed by atoms with Gasteiger partial charge in [0, 0.05) is 28.9 Å². The SMILES string of the molecule is N=C(c1ccncc1)c1[nH]c2ccccc2c1C(N)=O. The molecule has 20 heavy (non-hydrogen) atoms. The minimum absolute atomic E-state index is 0.220. The molecule has 0 spiro atoms. The Labute approximate surface area is 115 Å². The van der Waals surface area contributed by atoms with Gasteiger partial charge in [0.05, 0.1) is 17.0 Å². The molecule has 2 aromatic heterocycles. The number of primary amides is 1. The van der Waals surface area contributed by atoms with Crippen LogP contribution >= 0.6 is 0 Å². The Bertz CT molecular complexity index is 805. The van der Waals surface area contributed by atoms with E-state index < -0.39 is 5.91 Å². The van der Waals surface area contributed by atoms with E-state index in [9.17, 15) is 4.79 Å². The van der Waals surface area contributed by atoms with Gasteiger partial charge in [-0.2, -0.15) is 0 Å². The second kappa shape index (κ2) is 4.62. The third kappa shape index (κ3) is 1.85. The van der Waals surface area contributed by atoms with Gasteiger partial charge in [-0.1, -0.05) is 18.2 Å². The standard InChI is InChI=1S/C15H12N4O/c16-13(9-5-7-18-8-6-9)14-12(15(17)20)10-3-1-2-4-11(10)19-14/h1-8,16,19H,(H2,17,20). The van der Waals surface area contributed by atoms with Gasteiger partial charge in [-0.25, -0.2) is 0 Å². The second-order valence-corrected chi connectivity index (χ2v) is 4.40. The molecule has 0 aliphatic carbocycles. The lowest BCUT2D eigenvalue weighted by Gasteiger charge is -2.03. The molecule has 0 saturated carbocycles. The van der Waals surface area contributed by atoms with Crippen LogP contribution in [0.3, 0.4) is 0 Å². The smallest absolute Gasteiger partial charge is 0.251 e. The van der Waals surface area contributed by atoms with E-state index in [0.717, 1.165) is 10.9 Å². The lowest BCUT2D eigenvalue weighted by atomic mass is 10.0. The Morgan fingerprint density at radius 1 is 1.15 bits per heavy atom. The highest BCUT2D eigenvalue weighted by Crippen LogP contribution is 2.23. The third-order valence-electron chi connectivity index (χ3n) is 3.17. The fraction of sp³-hybridized carbons (Fsp3) is 0. The van der Waals surface area contributed by atoms with Crippen molar-refractivity contribution in [1.29, 1.82) is 5.41 Å². The molecule has 0 bridgehead atoms. The number of carbonyl (C=O) groups excluding carboxylic acids is 1. The molecule has 0 saturated heterocycles. The van der Waals surface area contributed by atoms with E-state index in [0.29, 0.717) is 16.8 Å². The lowest BCUT2D eigenvalue weighted by molar-refractivity contribution is 0.100. The largest absolute Gasteiger partial charge is 0.366 e. The van der Waals surface area contributed by atoms with Gasteiger partial charge in [-0.3, -0.25) is 15.2 Å². The molecule has 1 amide bonds. The van der Waals surface area contributed by atoms with Crippen LogP contribution in [-0.2, 0) is 0 Å². The highest BCUT2D eigenvalue weighted by molar-refractivity contribution is 6.20. The number of H-pyrrole nitrogens is 1. The monoisotopic (exact) mass is 264 g/mol. The molecule has 0 radical (unpaired) electrons. The molecule has 0 unspecified atom stereocenters. The zero-order valence-electron chi connectivity index (χ0n) is 10.6. The number of rotatable bonds is 3. The second-order valence-electron chi connectivity index (χ2n) is 4.40. The number of benzene rings is 1. The van der Waals surface area contributed by atoms with Gasteiger partial charge < -0.3 is 10.7 Å². The predicted molar refractivity (Wildman–Crippen MR) is 77.0 cm³/mol.